The lowest BCUT2D eigenvalue weighted by Gasteiger charge is -2.13. The van der Waals surface area contributed by atoms with Crippen molar-refractivity contribution in [3.63, 3.8) is 0 Å². The van der Waals surface area contributed by atoms with Crippen LogP contribution in [-0.4, -0.2) is 35.3 Å². The molecule has 1 aromatic carbocycles. The second-order valence-electron chi connectivity index (χ2n) is 6.95. The molecule has 29 heavy (non-hydrogen) atoms. The summed E-state index contributed by atoms with van der Waals surface area (Å²) in [6.07, 6.45) is 1.69. The van der Waals surface area contributed by atoms with Crippen LogP contribution in [0.5, 0.6) is 0 Å². The number of benzene rings is 1. The minimum atomic E-state index is -0.394. The lowest BCUT2D eigenvalue weighted by atomic mass is 10.1. The molecule has 0 bridgehead atoms. The van der Waals surface area contributed by atoms with Crippen LogP contribution in [0.2, 0.25) is 0 Å². The van der Waals surface area contributed by atoms with Gasteiger partial charge in [-0.05, 0) is 58.0 Å². The maximum absolute atomic E-state index is 13.2. The molecule has 0 saturated heterocycles. The Kier molecular flexibility index (Phi) is 4.57. The van der Waals surface area contributed by atoms with Crippen molar-refractivity contribution >= 4 is 11.7 Å². The Bertz CT molecular complexity index is 1210. The van der Waals surface area contributed by atoms with Crippen LogP contribution >= 0.6 is 0 Å². The zero-order chi connectivity index (χ0) is 20.7. The highest BCUT2D eigenvalue weighted by molar-refractivity contribution is 5.91. The number of amides is 1. The summed E-state index contributed by atoms with van der Waals surface area (Å²) < 4.78 is 16.4. The molecule has 8 nitrogen and oxygen atoms in total. The Hall–Kier alpha value is -3.62. The summed E-state index contributed by atoms with van der Waals surface area (Å²) in [7, 11) is 0. The first-order valence-corrected chi connectivity index (χ1v) is 9.16. The summed E-state index contributed by atoms with van der Waals surface area (Å²) in [5.74, 6) is -0.254. The Labute approximate surface area is 166 Å². The summed E-state index contributed by atoms with van der Waals surface area (Å²) in [6, 6.07) is 7.63. The topological polar surface area (TPSA) is 90.0 Å². The average molecular weight is 393 g/mol. The predicted molar refractivity (Wildman–Crippen MR) is 104 cm³/mol. The molecule has 1 amide bonds. The van der Waals surface area contributed by atoms with Crippen molar-refractivity contribution in [1.82, 2.24) is 34.7 Å². The van der Waals surface area contributed by atoms with E-state index < -0.39 is 5.91 Å². The number of fused-ring (bicyclic) bond motifs is 1. The highest BCUT2D eigenvalue weighted by Gasteiger charge is 2.20. The first kappa shape index (κ1) is 18.7. The predicted octanol–water partition coefficient (Wildman–Crippen LogP) is 2.87. The lowest BCUT2D eigenvalue weighted by Crippen LogP contribution is -2.28. The Morgan fingerprint density at radius 2 is 1.86 bits per heavy atom. The van der Waals surface area contributed by atoms with Gasteiger partial charge in [0, 0.05) is 22.6 Å². The van der Waals surface area contributed by atoms with Crippen LogP contribution in [-0.2, 0) is 0 Å². The first-order chi connectivity index (χ1) is 13.8. The van der Waals surface area contributed by atoms with E-state index in [0.717, 1.165) is 28.3 Å². The molecule has 1 atom stereocenters. The molecular weight excluding hydrogens is 373 g/mol. The smallest absolute Gasteiger partial charge is 0.291 e. The second kappa shape index (κ2) is 7.08. The van der Waals surface area contributed by atoms with Gasteiger partial charge in [0.15, 0.2) is 0 Å². The van der Waals surface area contributed by atoms with E-state index in [4.69, 9.17) is 0 Å². The number of rotatable bonds is 4. The molecule has 0 aliphatic rings. The second-order valence-corrected chi connectivity index (χ2v) is 6.95. The molecular formula is C20H20FN7O. The SMILES string of the molecule is Cc1cc(C)n2nc(C(=O)NC(C)c3cnn(-c4ccc(F)cc4)c3C)nc2n1. The number of halogens is 1. The number of aryl methyl sites for hydroxylation is 2. The molecule has 3 aromatic heterocycles. The molecule has 9 heteroatoms. The summed E-state index contributed by atoms with van der Waals surface area (Å²) in [4.78, 5) is 21.2. The summed E-state index contributed by atoms with van der Waals surface area (Å²) in [5, 5.41) is 11.5. The zero-order valence-electron chi connectivity index (χ0n) is 16.5. The van der Waals surface area contributed by atoms with E-state index in [0.29, 0.717) is 5.78 Å². The zero-order valence-corrected chi connectivity index (χ0v) is 16.5. The molecule has 0 radical (unpaired) electrons. The molecule has 0 aliphatic carbocycles. The molecule has 0 aliphatic heterocycles. The van der Waals surface area contributed by atoms with Crippen molar-refractivity contribution in [3.05, 3.63) is 70.8 Å². The van der Waals surface area contributed by atoms with Gasteiger partial charge in [0.25, 0.3) is 11.7 Å². The van der Waals surface area contributed by atoms with Crippen molar-refractivity contribution in [2.75, 3.05) is 0 Å². The monoisotopic (exact) mass is 393 g/mol. The van der Waals surface area contributed by atoms with Gasteiger partial charge in [-0.2, -0.15) is 10.1 Å². The van der Waals surface area contributed by atoms with Gasteiger partial charge in [0.2, 0.25) is 5.82 Å². The van der Waals surface area contributed by atoms with Gasteiger partial charge in [-0.15, -0.1) is 5.10 Å². The first-order valence-electron chi connectivity index (χ1n) is 9.16. The van der Waals surface area contributed by atoms with E-state index in [2.05, 4.69) is 25.5 Å². The summed E-state index contributed by atoms with van der Waals surface area (Å²) >= 11 is 0. The van der Waals surface area contributed by atoms with Crippen molar-refractivity contribution in [3.8, 4) is 5.69 Å². The Morgan fingerprint density at radius 1 is 1.14 bits per heavy atom. The van der Waals surface area contributed by atoms with Gasteiger partial charge in [0.1, 0.15) is 5.82 Å². The number of carbonyl (C=O) groups excluding carboxylic acids is 1. The number of hydrogen-bond donors (Lipinski definition) is 1. The maximum Gasteiger partial charge on any atom is 0.291 e. The number of nitrogens with one attached hydrogen (secondary N) is 1. The van der Waals surface area contributed by atoms with Gasteiger partial charge in [0.05, 0.1) is 17.9 Å². The van der Waals surface area contributed by atoms with E-state index in [1.165, 1.54) is 12.1 Å². The summed E-state index contributed by atoms with van der Waals surface area (Å²) in [6.45, 7) is 7.51. The third-order valence-corrected chi connectivity index (χ3v) is 4.75. The average Bonchev–Trinajstić information content (AvgIpc) is 3.26. The molecule has 3 heterocycles. The third kappa shape index (κ3) is 3.46. The number of carbonyl (C=O) groups is 1. The minimum absolute atomic E-state index is 0.0571. The third-order valence-electron chi connectivity index (χ3n) is 4.75. The van der Waals surface area contributed by atoms with Crippen molar-refractivity contribution in [2.24, 2.45) is 0 Å². The van der Waals surface area contributed by atoms with Crippen LogP contribution in [0, 0.1) is 26.6 Å². The quantitative estimate of drug-likeness (QED) is 0.576. The molecule has 1 N–H and O–H groups in total. The standard InChI is InChI=1S/C20H20FN7O/c1-11-9-12(2)27-20(23-11)25-18(26-27)19(29)24-13(3)17-10-22-28(14(17)4)16-7-5-15(21)6-8-16/h5-10,13H,1-4H3,(H,24,29). The molecule has 1 unspecified atom stereocenters. The number of nitrogens with zero attached hydrogens (tertiary/aromatic N) is 6. The van der Waals surface area contributed by atoms with Crippen LogP contribution in [0.15, 0.2) is 36.5 Å². The van der Waals surface area contributed by atoms with Gasteiger partial charge in [-0.3, -0.25) is 4.79 Å². The minimum Gasteiger partial charge on any atom is -0.343 e. The van der Waals surface area contributed by atoms with E-state index in [1.807, 2.05) is 33.8 Å². The van der Waals surface area contributed by atoms with Crippen LogP contribution < -0.4 is 5.32 Å². The highest BCUT2D eigenvalue weighted by atomic mass is 19.1. The van der Waals surface area contributed by atoms with Crippen molar-refractivity contribution in [2.45, 2.75) is 33.7 Å². The normalized spacial score (nSPS) is 12.3. The van der Waals surface area contributed by atoms with Gasteiger partial charge < -0.3 is 5.32 Å². The number of hydrogen-bond acceptors (Lipinski definition) is 5. The molecule has 148 valence electrons. The van der Waals surface area contributed by atoms with Crippen LogP contribution in [0.3, 0.4) is 0 Å². The van der Waals surface area contributed by atoms with E-state index >= 15 is 0 Å². The Morgan fingerprint density at radius 3 is 2.59 bits per heavy atom. The van der Waals surface area contributed by atoms with Crippen LogP contribution in [0.25, 0.3) is 11.5 Å². The highest BCUT2D eigenvalue weighted by Crippen LogP contribution is 2.20. The van der Waals surface area contributed by atoms with E-state index in [9.17, 15) is 9.18 Å². The van der Waals surface area contributed by atoms with E-state index in [-0.39, 0.29) is 17.7 Å². The fourth-order valence-electron chi connectivity index (χ4n) is 3.29. The fourth-order valence-corrected chi connectivity index (χ4v) is 3.29. The van der Waals surface area contributed by atoms with Gasteiger partial charge in [-0.25, -0.2) is 18.6 Å². The molecule has 4 rings (SSSR count). The molecule has 0 saturated carbocycles. The fraction of sp³-hybridized carbons (Fsp3) is 0.250. The lowest BCUT2D eigenvalue weighted by molar-refractivity contribution is 0.0929. The van der Waals surface area contributed by atoms with Crippen LogP contribution in [0.1, 0.15) is 46.2 Å². The van der Waals surface area contributed by atoms with Crippen molar-refractivity contribution in [1.29, 1.82) is 0 Å². The molecule has 4 aromatic rings. The van der Waals surface area contributed by atoms with Gasteiger partial charge >= 0.3 is 0 Å². The molecule has 0 fully saturated rings. The maximum atomic E-state index is 13.2. The number of aromatic nitrogens is 6. The van der Waals surface area contributed by atoms with Gasteiger partial charge in [-0.1, -0.05) is 0 Å². The Balaban J connectivity index is 1.56. The van der Waals surface area contributed by atoms with E-state index in [1.54, 1.807) is 27.5 Å². The van der Waals surface area contributed by atoms with Crippen molar-refractivity contribution < 1.29 is 9.18 Å². The summed E-state index contributed by atoms with van der Waals surface area (Å²) in [5.41, 5.74) is 4.10. The molecule has 0 spiro atoms. The van der Waals surface area contributed by atoms with Crippen LogP contribution in [0.4, 0.5) is 4.39 Å². The largest absolute Gasteiger partial charge is 0.343 e.